The average molecular weight is 293 g/mol. The Labute approximate surface area is 119 Å². The molecular weight excluding hydrogens is 278 g/mol. The van der Waals surface area contributed by atoms with E-state index in [4.69, 9.17) is 10.5 Å². The maximum Gasteiger partial charge on any atom is 0.304 e. The lowest BCUT2D eigenvalue weighted by Gasteiger charge is -2.07. The Hall–Kier alpha value is -2.28. The van der Waals surface area contributed by atoms with Crippen LogP contribution in [0.3, 0.4) is 0 Å². The number of nitrogen functional groups attached to an aromatic ring is 1. The second kappa shape index (κ2) is 6.76. The molecule has 1 amide bonds. The number of amides is 1. The van der Waals surface area contributed by atoms with E-state index in [9.17, 15) is 9.59 Å². The first kappa shape index (κ1) is 14.1. The van der Waals surface area contributed by atoms with Gasteiger partial charge in [-0.1, -0.05) is 17.4 Å². The predicted octanol–water partition coefficient (Wildman–Crippen LogP) is 1.10. The summed E-state index contributed by atoms with van der Waals surface area (Å²) in [4.78, 5) is 25.0. The van der Waals surface area contributed by atoms with Crippen LogP contribution in [-0.2, 0) is 11.3 Å². The summed E-state index contributed by atoms with van der Waals surface area (Å²) in [7, 11) is 0. The fraction of sp³-hybridized carbons (Fsp3) is 0.231. The highest BCUT2D eigenvalue weighted by atomic mass is 32.1. The molecule has 1 aromatic carbocycles. The van der Waals surface area contributed by atoms with E-state index < -0.39 is 0 Å². The second-order valence-electron chi connectivity index (χ2n) is 4.12. The van der Waals surface area contributed by atoms with E-state index in [1.54, 1.807) is 29.6 Å². The molecule has 0 atom stereocenters. The summed E-state index contributed by atoms with van der Waals surface area (Å²) in [5.41, 5.74) is 6.93. The SMILES string of the molecule is Nc1cccc(OCCC(=O)NCc2csc(=O)[nH]2)c1. The van der Waals surface area contributed by atoms with Gasteiger partial charge in [0.2, 0.25) is 5.91 Å². The number of nitrogens with one attached hydrogen (secondary N) is 2. The normalized spacial score (nSPS) is 10.2. The van der Waals surface area contributed by atoms with Crippen LogP contribution in [0.1, 0.15) is 12.1 Å². The van der Waals surface area contributed by atoms with E-state index in [2.05, 4.69) is 10.3 Å². The smallest absolute Gasteiger partial charge is 0.304 e. The van der Waals surface area contributed by atoms with Crippen molar-refractivity contribution < 1.29 is 9.53 Å². The van der Waals surface area contributed by atoms with Crippen molar-refractivity contribution in [3.05, 3.63) is 45.0 Å². The highest BCUT2D eigenvalue weighted by molar-refractivity contribution is 7.07. The van der Waals surface area contributed by atoms with Crippen LogP contribution >= 0.6 is 11.3 Å². The van der Waals surface area contributed by atoms with Gasteiger partial charge in [0.05, 0.1) is 19.6 Å². The Balaban J connectivity index is 1.69. The standard InChI is InChI=1S/C13H15N3O3S/c14-9-2-1-3-11(6-9)19-5-4-12(17)15-7-10-8-20-13(18)16-10/h1-3,6,8H,4-5,7,14H2,(H,15,17)(H,16,18). The highest BCUT2D eigenvalue weighted by Crippen LogP contribution is 2.14. The number of rotatable bonds is 6. The van der Waals surface area contributed by atoms with Gasteiger partial charge in [0.1, 0.15) is 5.75 Å². The molecule has 0 bridgehead atoms. The number of aromatic amines is 1. The molecule has 4 N–H and O–H groups in total. The number of aromatic nitrogens is 1. The van der Waals surface area contributed by atoms with Crippen molar-refractivity contribution in [1.29, 1.82) is 0 Å². The lowest BCUT2D eigenvalue weighted by atomic mass is 10.3. The van der Waals surface area contributed by atoms with Gasteiger partial charge in [-0.15, -0.1) is 0 Å². The third kappa shape index (κ3) is 4.43. The van der Waals surface area contributed by atoms with Crippen molar-refractivity contribution in [3.63, 3.8) is 0 Å². The van der Waals surface area contributed by atoms with Crippen LogP contribution in [0.2, 0.25) is 0 Å². The summed E-state index contributed by atoms with van der Waals surface area (Å²) in [6.45, 7) is 0.589. The quantitative estimate of drug-likeness (QED) is 0.695. The van der Waals surface area contributed by atoms with Gasteiger partial charge in [-0.05, 0) is 12.1 Å². The molecular formula is C13H15N3O3S. The summed E-state index contributed by atoms with van der Waals surface area (Å²) >= 11 is 1.07. The number of ether oxygens (including phenoxy) is 1. The van der Waals surface area contributed by atoms with E-state index in [1.165, 1.54) is 0 Å². The third-order valence-electron chi connectivity index (χ3n) is 2.50. The van der Waals surface area contributed by atoms with Crippen molar-refractivity contribution in [2.24, 2.45) is 0 Å². The van der Waals surface area contributed by atoms with E-state index >= 15 is 0 Å². The Morgan fingerprint density at radius 2 is 2.30 bits per heavy atom. The Morgan fingerprint density at radius 1 is 1.45 bits per heavy atom. The van der Waals surface area contributed by atoms with Crippen LogP contribution in [0, 0.1) is 0 Å². The summed E-state index contributed by atoms with van der Waals surface area (Å²) in [6, 6.07) is 7.04. The summed E-state index contributed by atoms with van der Waals surface area (Å²) < 4.78 is 5.42. The van der Waals surface area contributed by atoms with Crippen LogP contribution in [-0.4, -0.2) is 17.5 Å². The zero-order chi connectivity index (χ0) is 14.4. The highest BCUT2D eigenvalue weighted by Gasteiger charge is 2.03. The molecule has 0 saturated heterocycles. The molecule has 20 heavy (non-hydrogen) atoms. The number of carbonyl (C=O) groups excluding carboxylic acids is 1. The first-order chi connectivity index (χ1) is 9.63. The fourth-order valence-electron chi connectivity index (χ4n) is 1.55. The van der Waals surface area contributed by atoms with Crippen LogP contribution < -0.4 is 20.7 Å². The summed E-state index contributed by atoms with van der Waals surface area (Å²) in [6.07, 6.45) is 0.239. The minimum atomic E-state index is -0.138. The number of hydrogen-bond acceptors (Lipinski definition) is 5. The lowest BCUT2D eigenvalue weighted by Crippen LogP contribution is -2.24. The van der Waals surface area contributed by atoms with E-state index in [1.807, 2.05) is 0 Å². The number of carbonyl (C=O) groups is 1. The van der Waals surface area contributed by atoms with Gasteiger partial charge in [-0.25, -0.2) is 0 Å². The number of benzene rings is 1. The molecule has 0 aliphatic rings. The molecule has 0 unspecified atom stereocenters. The van der Waals surface area contributed by atoms with E-state index in [0.29, 0.717) is 23.7 Å². The van der Waals surface area contributed by atoms with Crippen LogP contribution in [0.15, 0.2) is 34.4 Å². The topological polar surface area (TPSA) is 97.2 Å². The van der Waals surface area contributed by atoms with Crippen molar-refractivity contribution in [3.8, 4) is 5.75 Å². The molecule has 0 aliphatic heterocycles. The predicted molar refractivity (Wildman–Crippen MR) is 77.8 cm³/mol. The van der Waals surface area contributed by atoms with Crippen LogP contribution in [0.5, 0.6) is 5.75 Å². The number of hydrogen-bond donors (Lipinski definition) is 3. The average Bonchev–Trinajstić information content (AvgIpc) is 2.82. The fourth-order valence-corrected chi connectivity index (χ4v) is 2.13. The zero-order valence-electron chi connectivity index (χ0n) is 10.7. The molecule has 1 aromatic heterocycles. The van der Waals surface area contributed by atoms with Gasteiger partial charge >= 0.3 is 4.87 Å². The van der Waals surface area contributed by atoms with Crippen molar-refractivity contribution in [1.82, 2.24) is 10.3 Å². The van der Waals surface area contributed by atoms with Crippen molar-refractivity contribution in [2.75, 3.05) is 12.3 Å². The molecule has 106 valence electrons. The van der Waals surface area contributed by atoms with Gasteiger partial charge in [-0.2, -0.15) is 0 Å². The van der Waals surface area contributed by atoms with Crippen LogP contribution in [0.4, 0.5) is 5.69 Å². The van der Waals surface area contributed by atoms with Gasteiger partial charge in [0.15, 0.2) is 0 Å². The molecule has 0 spiro atoms. The minimum absolute atomic E-state index is 0.126. The molecule has 0 aliphatic carbocycles. The summed E-state index contributed by atoms with van der Waals surface area (Å²) in [5.74, 6) is 0.501. The number of nitrogens with two attached hydrogens (primary N) is 1. The van der Waals surface area contributed by atoms with Crippen molar-refractivity contribution in [2.45, 2.75) is 13.0 Å². The Morgan fingerprint density at radius 3 is 3.00 bits per heavy atom. The monoisotopic (exact) mass is 293 g/mol. The summed E-state index contributed by atoms with van der Waals surface area (Å²) in [5, 5.41) is 4.39. The lowest BCUT2D eigenvalue weighted by molar-refractivity contribution is -0.121. The number of anilines is 1. The molecule has 0 radical (unpaired) electrons. The number of thiazole rings is 1. The molecule has 2 aromatic rings. The molecule has 7 heteroatoms. The molecule has 0 saturated carbocycles. The zero-order valence-corrected chi connectivity index (χ0v) is 11.5. The largest absolute Gasteiger partial charge is 0.493 e. The van der Waals surface area contributed by atoms with Gasteiger partial charge in [-0.3, -0.25) is 9.59 Å². The third-order valence-corrected chi connectivity index (χ3v) is 3.22. The molecule has 1 heterocycles. The maximum atomic E-state index is 11.6. The van der Waals surface area contributed by atoms with Gasteiger partial charge < -0.3 is 20.8 Å². The minimum Gasteiger partial charge on any atom is -0.493 e. The van der Waals surface area contributed by atoms with E-state index in [0.717, 1.165) is 11.3 Å². The van der Waals surface area contributed by atoms with Gasteiger partial charge in [0.25, 0.3) is 0 Å². The van der Waals surface area contributed by atoms with Gasteiger partial charge in [0, 0.05) is 22.8 Å². The Kier molecular flexibility index (Phi) is 4.78. The van der Waals surface area contributed by atoms with E-state index in [-0.39, 0.29) is 23.8 Å². The van der Waals surface area contributed by atoms with Crippen LogP contribution in [0.25, 0.3) is 0 Å². The first-order valence-electron chi connectivity index (χ1n) is 6.05. The number of H-pyrrole nitrogens is 1. The second-order valence-corrected chi connectivity index (χ2v) is 4.96. The molecule has 6 nitrogen and oxygen atoms in total. The maximum absolute atomic E-state index is 11.6. The Bertz CT molecular complexity index is 636. The first-order valence-corrected chi connectivity index (χ1v) is 6.93. The van der Waals surface area contributed by atoms with Crippen molar-refractivity contribution >= 4 is 22.9 Å². The molecule has 0 fully saturated rings. The molecule has 2 rings (SSSR count).